The van der Waals surface area contributed by atoms with Crippen molar-refractivity contribution in [2.75, 3.05) is 13.7 Å². The molecule has 0 aliphatic carbocycles. The first-order chi connectivity index (χ1) is 12.1. The summed E-state index contributed by atoms with van der Waals surface area (Å²) in [5.74, 6) is 1.12. The van der Waals surface area contributed by atoms with Gasteiger partial charge in [0.15, 0.2) is 5.76 Å². The van der Waals surface area contributed by atoms with E-state index in [4.69, 9.17) is 9.15 Å². The van der Waals surface area contributed by atoms with Crippen LogP contribution in [0, 0.1) is 6.92 Å². The average molecular weight is 339 g/mol. The summed E-state index contributed by atoms with van der Waals surface area (Å²) >= 11 is 0. The number of aryl methyl sites for hydroxylation is 1. The Bertz CT molecular complexity index is 852. The maximum absolute atomic E-state index is 12.7. The van der Waals surface area contributed by atoms with Crippen LogP contribution in [0.15, 0.2) is 53.1 Å². The highest BCUT2D eigenvalue weighted by molar-refractivity contribution is 5.99. The number of aromatic nitrogens is 2. The van der Waals surface area contributed by atoms with E-state index in [-0.39, 0.29) is 11.9 Å². The number of carbonyl (C=O) groups is 1. The lowest BCUT2D eigenvalue weighted by atomic mass is 10.2. The zero-order valence-corrected chi connectivity index (χ0v) is 14.5. The van der Waals surface area contributed by atoms with Crippen LogP contribution < -0.4 is 5.32 Å². The molecular weight excluding hydrogens is 318 g/mol. The van der Waals surface area contributed by atoms with Gasteiger partial charge < -0.3 is 14.5 Å². The number of rotatable bonds is 6. The quantitative estimate of drug-likeness (QED) is 0.749. The van der Waals surface area contributed by atoms with Crippen LogP contribution in [0.4, 0.5) is 0 Å². The molecule has 0 saturated carbocycles. The van der Waals surface area contributed by atoms with Gasteiger partial charge in [0.2, 0.25) is 0 Å². The molecule has 6 heteroatoms. The van der Waals surface area contributed by atoms with E-state index in [2.05, 4.69) is 10.4 Å². The Morgan fingerprint density at radius 1 is 1.28 bits per heavy atom. The van der Waals surface area contributed by atoms with E-state index < -0.39 is 0 Å². The van der Waals surface area contributed by atoms with Crippen molar-refractivity contribution < 1.29 is 13.9 Å². The smallest absolute Gasteiger partial charge is 0.255 e. The fourth-order valence-electron chi connectivity index (χ4n) is 2.59. The Hall–Kier alpha value is -2.86. The zero-order valence-electron chi connectivity index (χ0n) is 14.5. The van der Waals surface area contributed by atoms with Crippen molar-refractivity contribution in [2.24, 2.45) is 0 Å². The van der Waals surface area contributed by atoms with Crippen LogP contribution in [0.2, 0.25) is 0 Å². The van der Waals surface area contributed by atoms with E-state index in [0.29, 0.717) is 23.6 Å². The van der Waals surface area contributed by atoms with Gasteiger partial charge in [0.1, 0.15) is 11.5 Å². The van der Waals surface area contributed by atoms with Crippen molar-refractivity contribution in [2.45, 2.75) is 19.9 Å². The Balaban J connectivity index is 2.00. The van der Waals surface area contributed by atoms with Gasteiger partial charge in [-0.3, -0.25) is 4.79 Å². The number of amides is 1. The van der Waals surface area contributed by atoms with E-state index in [1.165, 1.54) is 0 Å². The van der Waals surface area contributed by atoms with Gasteiger partial charge in [-0.15, -0.1) is 0 Å². The third kappa shape index (κ3) is 3.80. The van der Waals surface area contributed by atoms with Crippen LogP contribution in [0.3, 0.4) is 0 Å². The first kappa shape index (κ1) is 17.0. The molecule has 25 heavy (non-hydrogen) atoms. The van der Waals surface area contributed by atoms with E-state index in [9.17, 15) is 4.79 Å². The second-order valence-corrected chi connectivity index (χ2v) is 5.91. The monoisotopic (exact) mass is 339 g/mol. The van der Waals surface area contributed by atoms with E-state index >= 15 is 0 Å². The normalized spacial score (nSPS) is 12.1. The van der Waals surface area contributed by atoms with Gasteiger partial charge in [0.05, 0.1) is 17.9 Å². The topological polar surface area (TPSA) is 69.3 Å². The maximum atomic E-state index is 12.7. The third-order valence-corrected chi connectivity index (χ3v) is 3.75. The van der Waals surface area contributed by atoms with Gasteiger partial charge in [-0.1, -0.05) is 18.2 Å². The standard InChI is InChI=1S/C19H21N3O3/c1-13(12-24-3)20-19(23)16-11-22(15-7-5-4-6-8-15)21-18(16)17-10-9-14(2)25-17/h4-11,13H,12H2,1-3H3,(H,20,23)/t13-/m1/s1. The minimum absolute atomic E-state index is 0.108. The highest BCUT2D eigenvalue weighted by Gasteiger charge is 2.21. The Kier molecular flexibility index (Phi) is 5.00. The molecule has 3 aromatic rings. The number of nitrogens with one attached hydrogen (secondary N) is 1. The van der Waals surface area contributed by atoms with Gasteiger partial charge in [0, 0.05) is 19.3 Å². The average Bonchev–Trinajstić information content (AvgIpc) is 3.22. The molecule has 1 N–H and O–H groups in total. The fraction of sp³-hybridized carbons (Fsp3) is 0.263. The van der Waals surface area contributed by atoms with Crippen LogP contribution in [-0.2, 0) is 4.74 Å². The van der Waals surface area contributed by atoms with Gasteiger partial charge in [-0.25, -0.2) is 4.68 Å². The summed E-state index contributed by atoms with van der Waals surface area (Å²) in [5, 5.41) is 7.49. The molecule has 3 rings (SSSR count). The number of hydrogen-bond donors (Lipinski definition) is 1. The van der Waals surface area contributed by atoms with Gasteiger partial charge in [0.25, 0.3) is 5.91 Å². The minimum atomic E-state index is -0.212. The van der Waals surface area contributed by atoms with Crippen LogP contribution in [0.25, 0.3) is 17.1 Å². The summed E-state index contributed by atoms with van der Waals surface area (Å²) in [6.07, 6.45) is 1.72. The number of nitrogens with zero attached hydrogens (tertiary/aromatic N) is 2. The molecule has 2 aromatic heterocycles. The predicted octanol–water partition coefficient (Wildman–Crippen LogP) is 3.21. The molecule has 0 radical (unpaired) electrons. The van der Waals surface area contributed by atoms with E-state index in [1.54, 1.807) is 18.0 Å². The molecule has 1 atom stereocenters. The van der Waals surface area contributed by atoms with Crippen molar-refractivity contribution >= 4 is 5.91 Å². The third-order valence-electron chi connectivity index (χ3n) is 3.75. The molecule has 0 saturated heterocycles. The molecule has 2 heterocycles. The van der Waals surface area contributed by atoms with Crippen molar-refractivity contribution in [3.05, 3.63) is 60.0 Å². The Labute approximate surface area is 146 Å². The lowest BCUT2D eigenvalue weighted by molar-refractivity contribution is 0.0906. The van der Waals surface area contributed by atoms with Crippen molar-refractivity contribution in [1.29, 1.82) is 0 Å². The summed E-state index contributed by atoms with van der Waals surface area (Å²) in [7, 11) is 1.60. The molecule has 1 amide bonds. The molecule has 0 fully saturated rings. The summed E-state index contributed by atoms with van der Waals surface area (Å²) in [6, 6.07) is 13.2. The summed E-state index contributed by atoms with van der Waals surface area (Å²) in [6.45, 7) is 4.19. The number of furan rings is 1. The lowest BCUT2D eigenvalue weighted by Crippen LogP contribution is -2.35. The fourth-order valence-corrected chi connectivity index (χ4v) is 2.59. The van der Waals surface area contributed by atoms with Gasteiger partial charge in [-0.2, -0.15) is 5.10 Å². The molecule has 0 unspecified atom stereocenters. The molecule has 0 spiro atoms. The molecule has 130 valence electrons. The summed E-state index contributed by atoms with van der Waals surface area (Å²) in [4.78, 5) is 12.7. The highest BCUT2D eigenvalue weighted by Crippen LogP contribution is 2.25. The first-order valence-corrected chi connectivity index (χ1v) is 8.10. The molecule has 0 aliphatic rings. The predicted molar refractivity (Wildman–Crippen MR) is 94.8 cm³/mol. The minimum Gasteiger partial charge on any atom is -0.460 e. The van der Waals surface area contributed by atoms with Crippen molar-refractivity contribution in [3.8, 4) is 17.1 Å². The van der Waals surface area contributed by atoms with Crippen LogP contribution >= 0.6 is 0 Å². The first-order valence-electron chi connectivity index (χ1n) is 8.10. The number of hydrogen-bond acceptors (Lipinski definition) is 4. The van der Waals surface area contributed by atoms with Crippen molar-refractivity contribution in [1.82, 2.24) is 15.1 Å². The Morgan fingerprint density at radius 2 is 2.04 bits per heavy atom. The number of ether oxygens (including phenoxy) is 1. The highest BCUT2D eigenvalue weighted by atomic mass is 16.5. The molecular formula is C19H21N3O3. The summed E-state index contributed by atoms with van der Waals surface area (Å²) < 4.78 is 12.4. The second-order valence-electron chi connectivity index (χ2n) is 5.91. The number of methoxy groups -OCH3 is 1. The van der Waals surface area contributed by atoms with Gasteiger partial charge >= 0.3 is 0 Å². The zero-order chi connectivity index (χ0) is 17.8. The number of para-hydroxylation sites is 1. The second kappa shape index (κ2) is 7.36. The number of carbonyl (C=O) groups excluding carboxylic acids is 1. The molecule has 0 aliphatic heterocycles. The van der Waals surface area contributed by atoms with Gasteiger partial charge in [-0.05, 0) is 38.1 Å². The maximum Gasteiger partial charge on any atom is 0.255 e. The lowest BCUT2D eigenvalue weighted by Gasteiger charge is -2.12. The van der Waals surface area contributed by atoms with Crippen molar-refractivity contribution in [3.63, 3.8) is 0 Å². The van der Waals surface area contributed by atoms with E-state index in [0.717, 1.165) is 11.4 Å². The van der Waals surface area contributed by atoms with Crippen LogP contribution in [0.5, 0.6) is 0 Å². The number of benzene rings is 1. The van der Waals surface area contributed by atoms with E-state index in [1.807, 2.05) is 56.3 Å². The molecule has 6 nitrogen and oxygen atoms in total. The SMILES string of the molecule is COC[C@@H](C)NC(=O)c1cn(-c2ccccc2)nc1-c1ccc(C)o1. The Morgan fingerprint density at radius 3 is 2.68 bits per heavy atom. The summed E-state index contributed by atoms with van der Waals surface area (Å²) in [5.41, 5.74) is 1.84. The van der Waals surface area contributed by atoms with Crippen LogP contribution in [0.1, 0.15) is 23.0 Å². The largest absolute Gasteiger partial charge is 0.460 e. The van der Waals surface area contributed by atoms with Crippen LogP contribution in [-0.4, -0.2) is 35.4 Å². The molecule has 1 aromatic carbocycles. The molecule has 0 bridgehead atoms.